The minimum absolute atomic E-state index is 0.140. The maximum atomic E-state index is 13.1. The average molecular weight is 316 g/mol. The van der Waals surface area contributed by atoms with Gasteiger partial charge in [-0.15, -0.1) is 0 Å². The second-order valence-corrected chi connectivity index (χ2v) is 7.77. The van der Waals surface area contributed by atoms with Gasteiger partial charge in [0.15, 0.2) is 0 Å². The lowest BCUT2D eigenvalue weighted by Crippen LogP contribution is -2.55. The molecular formula is C19H25FN2O. The van der Waals surface area contributed by atoms with Gasteiger partial charge in [-0.3, -0.25) is 4.79 Å². The van der Waals surface area contributed by atoms with E-state index in [9.17, 15) is 9.18 Å². The van der Waals surface area contributed by atoms with E-state index in [1.807, 2.05) is 0 Å². The molecule has 3 N–H and O–H groups in total. The number of hydrogen-bond donors (Lipinski definition) is 2. The van der Waals surface area contributed by atoms with Crippen LogP contribution in [-0.4, -0.2) is 18.0 Å². The van der Waals surface area contributed by atoms with Crippen molar-refractivity contribution >= 4 is 5.91 Å². The van der Waals surface area contributed by atoms with Crippen LogP contribution in [0.3, 0.4) is 0 Å². The lowest BCUT2D eigenvalue weighted by molar-refractivity contribution is -0.126. The number of nitrogens with one attached hydrogen (secondary N) is 1. The van der Waals surface area contributed by atoms with Crippen LogP contribution in [0.25, 0.3) is 0 Å². The van der Waals surface area contributed by atoms with Crippen molar-refractivity contribution in [1.82, 2.24) is 5.32 Å². The summed E-state index contributed by atoms with van der Waals surface area (Å²) in [5.41, 5.74) is 6.71. The molecule has 1 aromatic rings. The van der Waals surface area contributed by atoms with Crippen molar-refractivity contribution in [2.45, 2.75) is 62.4 Å². The summed E-state index contributed by atoms with van der Waals surface area (Å²) in [6.07, 6.45) is 7.42. The van der Waals surface area contributed by atoms with Gasteiger partial charge in [0.1, 0.15) is 5.82 Å². The van der Waals surface area contributed by atoms with Crippen molar-refractivity contribution in [1.29, 1.82) is 0 Å². The fourth-order valence-corrected chi connectivity index (χ4v) is 4.86. The highest BCUT2D eigenvalue weighted by atomic mass is 19.1. The van der Waals surface area contributed by atoms with Gasteiger partial charge >= 0.3 is 0 Å². The SMILES string of the molecule is NC1CC2CCCC(C1)C2NC(=O)C1(c2ccc(F)cc2)CC1. The normalized spacial score (nSPS) is 34.7. The van der Waals surface area contributed by atoms with Gasteiger partial charge < -0.3 is 11.1 Å². The third kappa shape index (κ3) is 2.67. The van der Waals surface area contributed by atoms with Crippen LogP contribution in [0.5, 0.6) is 0 Å². The first-order chi connectivity index (χ1) is 11.1. The van der Waals surface area contributed by atoms with E-state index in [0.717, 1.165) is 31.2 Å². The molecule has 4 heteroatoms. The van der Waals surface area contributed by atoms with Crippen molar-refractivity contribution < 1.29 is 9.18 Å². The average Bonchev–Trinajstić information content (AvgIpc) is 3.30. The fraction of sp³-hybridized carbons (Fsp3) is 0.632. The molecule has 1 aromatic carbocycles. The van der Waals surface area contributed by atoms with Crippen LogP contribution in [0.4, 0.5) is 4.39 Å². The van der Waals surface area contributed by atoms with E-state index in [4.69, 9.17) is 5.73 Å². The van der Waals surface area contributed by atoms with Crippen LogP contribution in [0.2, 0.25) is 0 Å². The van der Waals surface area contributed by atoms with E-state index >= 15 is 0 Å². The molecule has 2 atom stereocenters. The number of nitrogens with two attached hydrogens (primary N) is 1. The zero-order valence-corrected chi connectivity index (χ0v) is 13.4. The molecule has 2 bridgehead atoms. The van der Waals surface area contributed by atoms with Crippen LogP contribution in [-0.2, 0) is 10.2 Å². The number of hydrogen-bond acceptors (Lipinski definition) is 2. The number of carbonyl (C=O) groups is 1. The highest BCUT2D eigenvalue weighted by molar-refractivity contribution is 5.91. The summed E-state index contributed by atoms with van der Waals surface area (Å²) in [7, 11) is 0. The first kappa shape index (κ1) is 15.1. The Kier molecular flexibility index (Phi) is 3.67. The minimum atomic E-state index is -0.415. The summed E-state index contributed by atoms with van der Waals surface area (Å²) in [6, 6.07) is 7.02. The molecule has 3 aliphatic carbocycles. The number of rotatable bonds is 3. The molecule has 3 aliphatic rings. The van der Waals surface area contributed by atoms with Crippen molar-refractivity contribution in [2.75, 3.05) is 0 Å². The number of fused-ring (bicyclic) bond motifs is 2. The van der Waals surface area contributed by atoms with Gasteiger partial charge in [0, 0.05) is 12.1 Å². The smallest absolute Gasteiger partial charge is 0.230 e. The van der Waals surface area contributed by atoms with Gasteiger partial charge in [0.05, 0.1) is 5.41 Å². The Balaban J connectivity index is 1.50. The maximum absolute atomic E-state index is 13.1. The Morgan fingerprint density at radius 2 is 1.74 bits per heavy atom. The van der Waals surface area contributed by atoms with Crippen LogP contribution in [0.1, 0.15) is 50.5 Å². The fourth-order valence-electron chi connectivity index (χ4n) is 4.86. The summed E-state index contributed by atoms with van der Waals surface area (Å²) in [6.45, 7) is 0. The van der Waals surface area contributed by atoms with Crippen LogP contribution >= 0.6 is 0 Å². The Morgan fingerprint density at radius 1 is 1.13 bits per heavy atom. The predicted molar refractivity (Wildman–Crippen MR) is 87.3 cm³/mol. The molecule has 3 saturated carbocycles. The van der Waals surface area contributed by atoms with Crippen LogP contribution in [0, 0.1) is 17.7 Å². The van der Waals surface area contributed by atoms with Gasteiger partial charge in [-0.05, 0) is 68.1 Å². The van der Waals surface area contributed by atoms with Gasteiger partial charge in [0.25, 0.3) is 0 Å². The van der Waals surface area contributed by atoms with Gasteiger partial charge in [0.2, 0.25) is 5.91 Å². The summed E-state index contributed by atoms with van der Waals surface area (Å²) in [4.78, 5) is 13.0. The molecule has 4 rings (SSSR count). The van der Waals surface area contributed by atoms with Crippen LogP contribution in [0.15, 0.2) is 24.3 Å². The first-order valence-corrected chi connectivity index (χ1v) is 8.91. The van der Waals surface area contributed by atoms with Crippen molar-refractivity contribution in [3.8, 4) is 0 Å². The highest BCUT2D eigenvalue weighted by Crippen LogP contribution is 2.49. The summed E-state index contributed by atoms with van der Waals surface area (Å²) >= 11 is 0. The predicted octanol–water partition coefficient (Wildman–Crippen LogP) is 2.88. The standard InChI is InChI=1S/C19H25FN2O/c20-15-6-4-14(5-7-15)19(8-9-19)18(23)22-17-12-2-1-3-13(17)11-16(21)10-12/h4-7,12-13,16-17H,1-3,8-11,21H2,(H,22,23). The third-order valence-electron chi connectivity index (χ3n) is 6.26. The lowest BCUT2D eigenvalue weighted by Gasteiger charge is -2.45. The molecule has 0 saturated heterocycles. The van der Waals surface area contributed by atoms with Crippen LogP contribution < -0.4 is 11.1 Å². The minimum Gasteiger partial charge on any atom is -0.352 e. The quantitative estimate of drug-likeness (QED) is 0.901. The largest absolute Gasteiger partial charge is 0.352 e. The molecule has 0 aromatic heterocycles. The van der Waals surface area contributed by atoms with Gasteiger partial charge in [-0.25, -0.2) is 4.39 Å². The maximum Gasteiger partial charge on any atom is 0.230 e. The molecule has 3 fully saturated rings. The zero-order valence-electron chi connectivity index (χ0n) is 13.4. The molecule has 0 spiro atoms. The molecule has 1 amide bonds. The van der Waals surface area contributed by atoms with E-state index in [0.29, 0.717) is 17.9 Å². The number of halogens is 1. The van der Waals surface area contributed by atoms with Crippen molar-refractivity contribution in [2.24, 2.45) is 17.6 Å². The first-order valence-electron chi connectivity index (χ1n) is 8.91. The van der Waals surface area contributed by atoms with E-state index < -0.39 is 5.41 Å². The molecule has 23 heavy (non-hydrogen) atoms. The monoisotopic (exact) mass is 316 g/mol. The van der Waals surface area contributed by atoms with Crippen molar-refractivity contribution in [3.05, 3.63) is 35.6 Å². The van der Waals surface area contributed by atoms with E-state index in [1.165, 1.54) is 31.4 Å². The summed E-state index contributed by atoms with van der Waals surface area (Å²) in [5.74, 6) is 0.957. The Morgan fingerprint density at radius 3 is 2.30 bits per heavy atom. The summed E-state index contributed by atoms with van der Waals surface area (Å²) < 4.78 is 13.1. The number of benzene rings is 1. The molecule has 0 aliphatic heterocycles. The Labute approximate surface area is 136 Å². The zero-order chi connectivity index (χ0) is 16.0. The number of carbonyl (C=O) groups excluding carboxylic acids is 1. The number of amides is 1. The molecule has 0 heterocycles. The lowest BCUT2D eigenvalue weighted by atomic mass is 9.67. The third-order valence-corrected chi connectivity index (χ3v) is 6.26. The van der Waals surface area contributed by atoms with E-state index in [-0.39, 0.29) is 17.8 Å². The Hall–Kier alpha value is -1.42. The van der Waals surface area contributed by atoms with Gasteiger partial charge in [-0.1, -0.05) is 18.6 Å². The molecule has 0 radical (unpaired) electrons. The van der Waals surface area contributed by atoms with E-state index in [1.54, 1.807) is 12.1 Å². The molecule has 124 valence electrons. The van der Waals surface area contributed by atoms with Crippen molar-refractivity contribution in [3.63, 3.8) is 0 Å². The van der Waals surface area contributed by atoms with Gasteiger partial charge in [-0.2, -0.15) is 0 Å². The molecular weight excluding hydrogens is 291 g/mol. The summed E-state index contributed by atoms with van der Waals surface area (Å²) in [5, 5.41) is 3.37. The highest BCUT2D eigenvalue weighted by Gasteiger charge is 2.52. The second-order valence-electron chi connectivity index (χ2n) is 7.77. The van der Waals surface area contributed by atoms with E-state index in [2.05, 4.69) is 5.32 Å². The second kappa shape index (κ2) is 5.59. The molecule has 3 nitrogen and oxygen atoms in total. The molecule has 2 unspecified atom stereocenters. The Bertz CT molecular complexity index is 582. The topological polar surface area (TPSA) is 55.1 Å².